The molecule has 2 fully saturated rings. The molecule has 0 unspecified atom stereocenters. The van der Waals surface area contributed by atoms with Crippen molar-refractivity contribution >= 4 is 27.5 Å². The van der Waals surface area contributed by atoms with Crippen molar-refractivity contribution in [1.29, 1.82) is 0 Å². The van der Waals surface area contributed by atoms with E-state index in [4.69, 9.17) is 21.1 Å². The second-order valence-corrected chi connectivity index (χ2v) is 17.5. The minimum Gasteiger partial charge on any atom is -0.392 e. The number of likely N-dealkylation sites (tertiary alicyclic amines) is 1. The largest absolute Gasteiger partial charge is 0.392 e. The maximum absolute atomic E-state index is 13.6. The molecule has 0 bridgehead atoms. The van der Waals surface area contributed by atoms with Gasteiger partial charge in [-0.15, -0.1) is 0 Å². The monoisotopic (exact) mass is 823 g/mol. The zero-order chi connectivity index (χ0) is 40.7. The first kappa shape index (κ1) is 41.7. The van der Waals surface area contributed by atoms with Gasteiger partial charge in [-0.1, -0.05) is 120 Å². The average Bonchev–Trinajstić information content (AvgIpc) is 3.24. The Morgan fingerprint density at radius 3 is 2.12 bits per heavy atom. The molecule has 0 aromatic heterocycles. The molecule has 10 nitrogen and oxygen atoms in total. The Hall–Kier alpha value is -4.43. The minimum atomic E-state index is -3.97. The molecule has 12 heteroatoms. The Morgan fingerprint density at radius 2 is 1.47 bits per heavy atom. The summed E-state index contributed by atoms with van der Waals surface area (Å²) < 4.78 is 42.5. The summed E-state index contributed by atoms with van der Waals surface area (Å²) in [4.78, 5) is 16.0. The number of hydrogen-bond acceptors (Lipinski definition) is 8. The van der Waals surface area contributed by atoms with E-state index in [1.165, 1.54) is 12.1 Å². The summed E-state index contributed by atoms with van der Waals surface area (Å²) in [6.07, 6.45) is 0.928. The van der Waals surface area contributed by atoms with Crippen molar-refractivity contribution < 1.29 is 32.9 Å². The third-order valence-electron chi connectivity index (χ3n) is 11.1. The molecule has 7 rings (SSSR count). The molecule has 5 aromatic rings. The van der Waals surface area contributed by atoms with Crippen LogP contribution in [0.2, 0.25) is 5.02 Å². The van der Waals surface area contributed by atoms with Crippen molar-refractivity contribution in [2.24, 2.45) is 0 Å². The molecule has 0 spiro atoms. The van der Waals surface area contributed by atoms with Crippen molar-refractivity contribution in [2.75, 3.05) is 19.6 Å². The maximum atomic E-state index is 13.6. The first-order valence-corrected chi connectivity index (χ1v) is 21.5. The number of hydrogen-bond donors (Lipinski definition) is 4. The fraction of sp³-hybridized carbons (Fsp3) is 0.326. The van der Waals surface area contributed by atoms with E-state index >= 15 is 0 Å². The SMILES string of the molecule is Cc1ccc(S(=O)(=O)N[C@H](Cc2ccccc2)C(=O)NCc2ccc([C@@H]3O[C@H](CN4CCC(O)(c5ccc(Cl)cc5)CC4)C[C@H](c4ccc(CO)cc4)O3)cc2)cc1. The Kier molecular flexibility index (Phi) is 13.4. The number of carbonyl (C=O) groups excluding carboxylic acids is 1. The van der Waals surface area contributed by atoms with Crippen LogP contribution in [-0.4, -0.2) is 61.2 Å². The van der Waals surface area contributed by atoms with Gasteiger partial charge in [0.15, 0.2) is 6.29 Å². The molecule has 0 radical (unpaired) electrons. The van der Waals surface area contributed by atoms with Gasteiger partial charge in [-0.2, -0.15) is 4.72 Å². The number of sulfonamides is 1. The zero-order valence-corrected chi connectivity index (χ0v) is 34.0. The predicted octanol–water partition coefficient (Wildman–Crippen LogP) is 6.88. The van der Waals surface area contributed by atoms with Gasteiger partial charge in [0.2, 0.25) is 15.9 Å². The fourth-order valence-corrected chi connectivity index (χ4v) is 8.91. The van der Waals surface area contributed by atoms with Gasteiger partial charge < -0.3 is 29.9 Å². The Morgan fingerprint density at radius 1 is 0.828 bits per heavy atom. The van der Waals surface area contributed by atoms with Crippen LogP contribution in [-0.2, 0) is 49.5 Å². The van der Waals surface area contributed by atoms with Gasteiger partial charge in [-0.25, -0.2) is 8.42 Å². The lowest BCUT2D eigenvalue weighted by Gasteiger charge is -2.42. The van der Waals surface area contributed by atoms with Gasteiger partial charge in [-0.3, -0.25) is 4.79 Å². The number of halogens is 1. The summed E-state index contributed by atoms with van der Waals surface area (Å²) in [5.74, 6) is -0.440. The second-order valence-electron chi connectivity index (χ2n) is 15.3. The van der Waals surface area contributed by atoms with Crippen molar-refractivity contribution in [3.63, 3.8) is 0 Å². The lowest BCUT2D eigenvalue weighted by atomic mass is 9.84. The number of nitrogens with one attached hydrogen (secondary N) is 2. The molecule has 5 aromatic carbocycles. The van der Waals surface area contributed by atoms with Crippen LogP contribution in [0.4, 0.5) is 0 Å². The molecular formula is C46H50ClN3O7S. The van der Waals surface area contributed by atoms with Crippen molar-refractivity contribution in [3.8, 4) is 0 Å². The summed E-state index contributed by atoms with van der Waals surface area (Å²) in [6.45, 7) is 4.11. The number of aliphatic hydroxyl groups is 2. The highest BCUT2D eigenvalue weighted by molar-refractivity contribution is 7.89. The maximum Gasteiger partial charge on any atom is 0.241 e. The molecule has 2 aliphatic heterocycles. The first-order valence-electron chi connectivity index (χ1n) is 19.7. The minimum absolute atomic E-state index is 0.0407. The van der Waals surface area contributed by atoms with E-state index < -0.39 is 33.9 Å². The molecule has 304 valence electrons. The number of ether oxygens (including phenoxy) is 2. The van der Waals surface area contributed by atoms with Crippen LogP contribution < -0.4 is 10.0 Å². The smallest absolute Gasteiger partial charge is 0.241 e. The fourth-order valence-electron chi connectivity index (χ4n) is 7.59. The van der Waals surface area contributed by atoms with Crippen LogP contribution in [0.25, 0.3) is 0 Å². The standard InChI is InChI=1S/C46H50ClN3O7S/c1-32-7-21-41(22-8-32)58(54,55)49-42(27-33-5-3-2-4-6-33)44(52)48-29-34-9-15-37(16-10-34)45-56-40(28-43(57-45)36-13-11-35(31-51)12-14-36)30-50-25-23-46(53,24-26-50)38-17-19-39(47)20-18-38/h2-22,40,42-43,45,49,51,53H,23-31H2,1H3,(H,48,52)/t40-,42+,43+,45+/m0/s1. The van der Waals surface area contributed by atoms with E-state index in [-0.39, 0.29) is 36.7 Å². The lowest BCUT2D eigenvalue weighted by Crippen LogP contribution is -2.47. The molecule has 2 saturated heterocycles. The summed E-state index contributed by atoms with van der Waals surface area (Å²) in [5.41, 5.74) is 5.19. The topological polar surface area (TPSA) is 137 Å². The van der Waals surface area contributed by atoms with Crippen LogP contribution in [0, 0.1) is 6.92 Å². The van der Waals surface area contributed by atoms with Crippen LogP contribution in [0.1, 0.15) is 70.6 Å². The Bertz CT molecular complexity index is 2220. The second kappa shape index (κ2) is 18.7. The van der Waals surface area contributed by atoms with E-state index in [0.717, 1.165) is 38.9 Å². The first-order chi connectivity index (χ1) is 28.0. The van der Waals surface area contributed by atoms with Gasteiger partial charge in [0.25, 0.3) is 0 Å². The number of piperidine rings is 1. The van der Waals surface area contributed by atoms with E-state index in [9.17, 15) is 23.4 Å². The predicted molar refractivity (Wildman–Crippen MR) is 223 cm³/mol. The highest BCUT2D eigenvalue weighted by atomic mass is 35.5. The van der Waals surface area contributed by atoms with Crippen LogP contribution >= 0.6 is 11.6 Å². The number of nitrogens with zero attached hydrogens (tertiary/aromatic N) is 1. The summed E-state index contributed by atoms with van der Waals surface area (Å²) in [7, 11) is -3.97. The average molecular weight is 824 g/mol. The Labute approximate surface area is 345 Å². The zero-order valence-electron chi connectivity index (χ0n) is 32.5. The summed E-state index contributed by atoms with van der Waals surface area (Å²) >= 11 is 6.10. The van der Waals surface area contributed by atoms with Crippen LogP contribution in [0.15, 0.2) is 132 Å². The number of amides is 1. The highest BCUT2D eigenvalue weighted by Crippen LogP contribution is 2.39. The van der Waals surface area contributed by atoms with E-state index in [1.807, 2.05) is 110 Å². The van der Waals surface area contributed by atoms with Crippen molar-refractivity contribution in [3.05, 3.63) is 171 Å². The van der Waals surface area contributed by atoms with E-state index in [1.54, 1.807) is 12.1 Å². The molecular weight excluding hydrogens is 774 g/mol. The molecule has 58 heavy (non-hydrogen) atoms. The van der Waals surface area contributed by atoms with Crippen molar-refractivity contribution in [2.45, 2.75) is 80.8 Å². The van der Waals surface area contributed by atoms with E-state index in [2.05, 4.69) is 14.9 Å². The molecule has 2 heterocycles. The number of carbonyl (C=O) groups is 1. The van der Waals surface area contributed by atoms with Gasteiger partial charge in [0.1, 0.15) is 6.04 Å². The normalized spacial score (nSPS) is 20.3. The van der Waals surface area contributed by atoms with Gasteiger partial charge in [-0.05, 0) is 78.3 Å². The highest BCUT2D eigenvalue weighted by Gasteiger charge is 2.37. The molecule has 2 aliphatic rings. The third-order valence-corrected chi connectivity index (χ3v) is 12.8. The summed E-state index contributed by atoms with van der Waals surface area (Å²) in [5, 5.41) is 24.7. The molecule has 4 atom stereocenters. The van der Waals surface area contributed by atoms with Gasteiger partial charge in [0.05, 0.1) is 29.3 Å². The molecule has 0 aliphatic carbocycles. The molecule has 4 N–H and O–H groups in total. The van der Waals surface area contributed by atoms with Gasteiger partial charge >= 0.3 is 0 Å². The molecule has 1 amide bonds. The van der Waals surface area contributed by atoms with Crippen LogP contribution in [0.3, 0.4) is 0 Å². The van der Waals surface area contributed by atoms with Crippen LogP contribution in [0.5, 0.6) is 0 Å². The number of rotatable bonds is 14. The third kappa shape index (κ3) is 10.6. The molecule has 0 saturated carbocycles. The van der Waals surface area contributed by atoms with E-state index in [0.29, 0.717) is 43.9 Å². The number of aliphatic hydroxyl groups excluding tert-OH is 1. The lowest BCUT2D eigenvalue weighted by molar-refractivity contribution is -0.253. The number of benzene rings is 5. The Balaban J connectivity index is 1.02. The quantitative estimate of drug-likeness (QED) is 0.0953. The van der Waals surface area contributed by atoms with Gasteiger partial charge in [0, 0.05) is 43.2 Å². The van der Waals surface area contributed by atoms with Crippen molar-refractivity contribution in [1.82, 2.24) is 14.9 Å². The number of aryl methyl sites for hydroxylation is 1. The summed E-state index contributed by atoms with van der Waals surface area (Å²) in [6, 6.07) is 37.7.